The molecule has 5 heteroatoms. The first kappa shape index (κ1) is 13.0. The number of halogens is 2. The van der Waals surface area contributed by atoms with E-state index in [0.29, 0.717) is 5.15 Å². The number of rotatable bonds is 2. The van der Waals surface area contributed by atoms with E-state index in [1.54, 1.807) is 12.3 Å². The lowest BCUT2D eigenvalue weighted by Gasteiger charge is -2.11. The van der Waals surface area contributed by atoms with Crippen LogP contribution in [0.4, 0.5) is 0 Å². The molecule has 0 saturated heterocycles. The van der Waals surface area contributed by atoms with Gasteiger partial charge in [-0.15, -0.1) is 0 Å². The summed E-state index contributed by atoms with van der Waals surface area (Å²) in [6.45, 7) is 6.32. The molecule has 0 radical (unpaired) electrons. The molecule has 0 aliphatic carbocycles. The second-order valence-electron chi connectivity index (χ2n) is 3.97. The molecule has 0 bridgehead atoms. The molecule has 0 saturated carbocycles. The normalized spacial score (nSPS) is 12.3. The molecule has 82 valence electrons. The van der Waals surface area contributed by atoms with E-state index in [2.05, 4.69) is 46.1 Å². The monoisotopic (exact) mass is 306 g/mol. The smallest absolute Gasteiger partial charge is 0.130 e. The maximum atomic E-state index is 5.81. The Balaban J connectivity index is 2.72. The Labute approximate surface area is 108 Å². The van der Waals surface area contributed by atoms with Crippen LogP contribution in [0.5, 0.6) is 0 Å². The standard InChI is InChI=1S/C10H12BrClN2S/c1-10(2,3)15-13-6-8-4-7(11)5-9(12)14-8/h4-6H,1-3H3/b13-6+. The molecule has 0 aliphatic heterocycles. The quantitative estimate of drug-likeness (QED) is 0.461. The molecule has 0 N–H and O–H groups in total. The van der Waals surface area contributed by atoms with Crippen molar-refractivity contribution in [3.8, 4) is 0 Å². The molecular weight excluding hydrogens is 296 g/mol. The molecule has 0 spiro atoms. The molecular formula is C10H12BrClN2S. The van der Waals surface area contributed by atoms with Crippen molar-refractivity contribution in [3.05, 3.63) is 27.5 Å². The summed E-state index contributed by atoms with van der Waals surface area (Å²) in [4.78, 5) is 4.13. The van der Waals surface area contributed by atoms with Gasteiger partial charge in [0.05, 0.1) is 11.9 Å². The maximum Gasteiger partial charge on any atom is 0.130 e. The van der Waals surface area contributed by atoms with Crippen LogP contribution in [0, 0.1) is 0 Å². The maximum absolute atomic E-state index is 5.81. The Morgan fingerprint density at radius 1 is 1.47 bits per heavy atom. The minimum Gasteiger partial charge on any atom is -0.235 e. The van der Waals surface area contributed by atoms with Crippen LogP contribution in [0.25, 0.3) is 0 Å². The van der Waals surface area contributed by atoms with Crippen molar-refractivity contribution in [3.63, 3.8) is 0 Å². The number of nitrogens with zero attached hydrogens (tertiary/aromatic N) is 2. The zero-order chi connectivity index (χ0) is 11.5. The SMILES string of the molecule is CC(C)(C)S/N=C/c1cc(Br)cc(Cl)n1. The van der Waals surface area contributed by atoms with Crippen molar-refractivity contribution in [2.24, 2.45) is 4.40 Å². The summed E-state index contributed by atoms with van der Waals surface area (Å²) in [6, 6.07) is 3.62. The third-order valence-corrected chi connectivity index (χ3v) is 2.70. The van der Waals surface area contributed by atoms with Crippen molar-refractivity contribution in [2.75, 3.05) is 0 Å². The fourth-order valence-corrected chi connectivity index (χ4v) is 2.06. The van der Waals surface area contributed by atoms with Crippen molar-refractivity contribution >= 4 is 45.7 Å². The fraction of sp³-hybridized carbons (Fsp3) is 0.400. The summed E-state index contributed by atoms with van der Waals surface area (Å²) in [7, 11) is 0. The Kier molecular flexibility index (Phi) is 4.62. The van der Waals surface area contributed by atoms with Crippen LogP contribution in [-0.4, -0.2) is 15.9 Å². The summed E-state index contributed by atoms with van der Waals surface area (Å²) in [5.74, 6) is 0. The van der Waals surface area contributed by atoms with Gasteiger partial charge in [-0.05, 0) is 44.9 Å². The highest BCUT2D eigenvalue weighted by atomic mass is 79.9. The summed E-state index contributed by atoms with van der Waals surface area (Å²) >= 11 is 10.7. The number of pyridine rings is 1. The van der Waals surface area contributed by atoms with Gasteiger partial charge in [-0.25, -0.2) is 9.38 Å². The zero-order valence-electron chi connectivity index (χ0n) is 8.79. The van der Waals surface area contributed by atoms with E-state index in [4.69, 9.17) is 11.6 Å². The molecule has 0 unspecified atom stereocenters. The number of hydrogen-bond acceptors (Lipinski definition) is 3. The highest BCUT2D eigenvalue weighted by Gasteiger charge is 2.09. The molecule has 0 atom stereocenters. The molecule has 0 aromatic carbocycles. The molecule has 1 heterocycles. The molecule has 0 amide bonds. The lowest BCUT2D eigenvalue weighted by Crippen LogP contribution is -2.05. The van der Waals surface area contributed by atoms with Gasteiger partial charge in [0.2, 0.25) is 0 Å². The Morgan fingerprint density at radius 2 is 2.13 bits per heavy atom. The van der Waals surface area contributed by atoms with Gasteiger partial charge in [0.15, 0.2) is 0 Å². The molecule has 0 fully saturated rings. The Morgan fingerprint density at radius 3 is 2.67 bits per heavy atom. The first-order valence-corrected chi connectivity index (χ1v) is 6.36. The van der Waals surface area contributed by atoms with Gasteiger partial charge in [0.25, 0.3) is 0 Å². The van der Waals surface area contributed by atoms with Gasteiger partial charge in [0, 0.05) is 9.22 Å². The van der Waals surface area contributed by atoms with Crippen molar-refractivity contribution in [2.45, 2.75) is 25.5 Å². The Bertz CT molecular complexity index is 354. The van der Waals surface area contributed by atoms with Crippen molar-refractivity contribution in [1.82, 2.24) is 4.98 Å². The predicted octanol–water partition coefficient (Wildman–Crippen LogP) is 4.36. The molecule has 1 aromatic rings. The van der Waals surface area contributed by atoms with Crippen LogP contribution in [-0.2, 0) is 0 Å². The molecule has 0 aliphatic rings. The van der Waals surface area contributed by atoms with E-state index in [1.807, 2.05) is 6.07 Å². The fourth-order valence-electron chi connectivity index (χ4n) is 0.789. The minimum absolute atomic E-state index is 0.117. The molecule has 1 rings (SSSR count). The van der Waals surface area contributed by atoms with E-state index in [0.717, 1.165) is 10.2 Å². The van der Waals surface area contributed by atoms with Gasteiger partial charge < -0.3 is 0 Å². The molecule has 15 heavy (non-hydrogen) atoms. The Hall–Kier alpha value is -0.0600. The highest BCUT2D eigenvalue weighted by Crippen LogP contribution is 2.24. The van der Waals surface area contributed by atoms with E-state index >= 15 is 0 Å². The lowest BCUT2D eigenvalue weighted by atomic mass is 10.3. The molecule has 2 nitrogen and oxygen atoms in total. The summed E-state index contributed by atoms with van der Waals surface area (Å²) in [6.07, 6.45) is 1.71. The minimum atomic E-state index is 0.117. The van der Waals surface area contributed by atoms with Crippen molar-refractivity contribution in [1.29, 1.82) is 0 Å². The largest absolute Gasteiger partial charge is 0.235 e. The van der Waals surface area contributed by atoms with E-state index in [1.165, 1.54) is 11.9 Å². The van der Waals surface area contributed by atoms with E-state index in [9.17, 15) is 0 Å². The van der Waals surface area contributed by atoms with E-state index in [-0.39, 0.29) is 4.75 Å². The third-order valence-electron chi connectivity index (χ3n) is 1.29. The first-order valence-electron chi connectivity index (χ1n) is 4.41. The van der Waals surface area contributed by atoms with Crippen LogP contribution < -0.4 is 0 Å². The summed E-state index contributed by atoms with van der Waals surface area (Å²) < 4.78 is 5.27. The van der Waals surface area contributed by atoms with Gasteiger partial charge in [-0.2, -0.15) is 0 Å². The summed E-state index contributed by atoms with van der Waals surface area (Å²) in [5, 5.41) is 0.464. The average Bonchev–Trinajstić information content (AvgIpc) is 1.99. The second-order valence-corrected chi connectivity index (χ2v) is 6.89. The van der Waals surface area contributed by atoms with Crippen LogP contribution in [0.3, 0.4) is 0 Å². The second kappa shape index (κ2) is 5.32. The van der Waals surface area contributed by atoms with Gasteiger partial charge >= 0.3 is 0 Å². The third kappa shape index (κ3) is 5.54. The van der Waals surface area contributed by atoms with Crippen LogP contribution in [0.2, 0.25) is 5.15 Å². The zero-order valence-corrected chi connectivity index (χ0v) is 11.9. The van der Waals surface area contributed by atoms with Crippen LogP contribution in [0.15, 0.2) is 21.0 Å². The summed E-state index contributed by atoms with van der Waals surface area (Å²) in [5.41, 5.74) is 0.756. The van der Waals surface area contributed by atoms with Crippen LogP contribution in [0.1, 0.15) is 26.5 Å². The number of hydrogen-bond donors (Lipinski definition) is 0. The van der Waals surface area contributed by atoms with Crippen molar-refractivity contribution < 1.29 is 0 Å². The molecule has 1 aromatic heterocycles. The highest BCUT2D eigenvalue weighted by molar-refractivity contribution is 9.10. The predicted molar refractivity (Wildman–Crippen MR) is 71.9 cm³/mol. The topological polar surface area (TPSA) is 25.2 Å². The lowest BCUT2D eigenvalue weighted by molar-refractivity contribution is 0.804. The first-order chi connectivity index (χ1) is 6.87. The average molecular weight is 308 g/mol. The van der Waals surface area contributed by atoms with Gasteiger partial charge in [-0.3, -0.25) is 0 Å². The van der Waals surface area contributed by atoms with Crippen LogP contribution >= 0.6 is 39.5 Å². The number of aromatic nitrogens is 1. The van der Waals surface area contributed by atoms with E-state index < -0.39 is 0 Å². The van der Waals surface area contributed by atoms with Gasteiger partial charge in [-0.1, -0.05) is 27.5 Å². The van der Waals surface area contributed by atoms with Gasteiger partial charge in [0.1, 0.15) is 5.15 Å².